The normalized spacial score (nSPS) is 16.1. The molecule has 0 aromatic heterocycles. The monoisotopic (exact) mass is 324 g/mol. The van der Waals surface area contributed by atoms with E-state index in [1.807, 2.05) is 0 Å². The van der Waals surface area contributed by atoms with Gasteiger partial charge in [-0.25, -0.2) is 0 Å². The minimum absolute atomic E-state index is 0.676. The summed E-state index contributed by atoms with van der Waals surface area (Å²) in [5, 5.41) is 22.1. The number of rotatable bonds is 6. The summed E-state index contributed by atoms with van der Waals surface area (Å²) in [7, 11) is 0. The molecule has 0 N–H and O–H groups in total. The Kier molecular flexibility index (Phi) is 4.32. The summed E-state index contributed by atoms with van der Waals surface area (Å²) in [6.07, 6.45) is 0. The van der Waals surface area contributed by atoms with E-state index in [2.05, 4.69) is 4.74 Å². The van der Waals surface area contributed by atoms with Gasteiger partial charge in [0, 0.05) is 0 Å². The van der Waals surface area contributed by atoms with Gasteiger partial charge in [-0.15, -0.1) is 8.78 Å². The Balaban J connectivity index is 2.53. The van der Waals surface area contributed by atoms with Gasteiger partial charge < -0.3 is 0 Å². The number of hydrogen-bond acceptors (Lipinski definition) is 5. The zero-order valence-electron chi connectivity index (χ0n) is 11.5. The fourth-order valence-corrected chi connectivity index (χ4v) is 1.87. The van der Waals surface area contributed by atoms with Crippen molar-refractivity contribution in [2.24, 2.45) is 0 Å². The fraction of sp³-hybridized carbons (Fsp3) is 0.143. The molecule has 0 amide bonds. The third kappa shape index (κ3) is 2.99. The van der Waals surface area contributed by atoms with Crippen molar-refractivity contribution in [1.29, 1.82) is 0 Å². The molecule has 2 unspecified atom stereocenters. The Morgan fingerprint density at radius 3 is 1.30 bits per heavy atom. The van der Waals surface area contributed by atoms with Crippen molar-refractivity contribution in [2.75, 3.05) is 0 Å². The second kappa shape index (κ2) is 6.05. The molecular formula is C14H10F2N2O5. The first kappa shape index (κ1) is 16.4. The smallest absolute Gasteiger partial charge is 0.259 e. The van der Waals surface area contributed by atoms with Crippen molar-refractivity contribution < 1.29 is 23.4 Å². The summed E-state index contributed by atoms with van der Waals surface area (Å²) in [4.78, 5) is 19.0. The molecule has 0 aliphatic rings. The molecule has 7 nitrogen and oxygen atoms in total. The van der Waals surface area contributed by atoms with Crippen LogP contribution in [0.5, 0.6) is 0 Å². The van der Waals surface area contributed by atoms with Gasteiger partial charge in [-0.3, -0.25) is 20.2 Å². The third-order valence-corrected chi connectivity index (χ3v) is 3.00. The van der Waals surface area contributed by atoms with E-state index in [4.69, 9.17) is 0 Å². The highest BCUT2D eigenvalue weighted by Crippen LogP contribution is 2.39. The molecule has 0 saturated heterocycles. The van der Waals surface area contributed by atoms with E-state index < -0.39 is 32.9 Å². The maximum atomic E-state index is 14.7. The Morgan fingerprint density at radius 2 is 1.04 bits per heavy atom. The first-order valence-electron chi connectivity index (χ1n) is 6.29. The standard InChI is InChI=1S/C14H10F2N2O5/c15-13(17(19)20,11-7-3-1-4-8-11)23-14(16,18(21)22)12-9-5-2-6-10-12/h1-10H. The van der Waals surface area contributed by atoms with E-state index >= 15 is 0 Å². The number of alkyl halides is 2. The van der Waals surface area contributed by atoms with Gasteiger partial charge in [0.15, 0.2) is 0 Å². The summed E-state index contributed by atoms with van der Waals surface area (Å²) in [6.45, 7) is 0. The Labute approximate surface area is 128 Å². The van der Waals surface area contributed by atoms with Gasteiger partial charge in [-0.05, 0) is 24.3 Å². The molecule has 0 radical (unpaired) electrons. The number of nitro groups is 2. The predicted octanol–water partition coefficient (Wildman–Crippen LogP) is 3.12. The van der Waals surface area contributed by atoms with Gasteiger partial charge in [0.1, 0.15) is 0 Å². The lowest BCUT2D eigenvalue weighted by Gasteiger charge is -2.22. The summed E-state index contributed by atoms with van der Waals surface area (Å²) < 4.78 is 33.6. The predicted molar refractivity (Wildman–Crippen MR) is 73.5 cm³/mol. The maximum Gasteiger partial charge on any atom is 0.512 e. The molecule has 0 spiro atoms. The van der Waals surface area contributed by atoms with Crippen molar-refractivity contribution in [2.45, 2.75) is 12.0 Å². The number of halogens is 2. The molecule has 2 aromatic carbocycles. The largest absolute Gasteiger partial charge is 0.512 e. The van der Waals surface area contributed by atoms with Gasteiger partial charge in [-0.2, -0.15) is 4.74 Å². The highest BCUT2D eigenvalue weighted by Gasteiger charge is 2.62. The fourth-order valence-electron chi connectivity index (χ4n) is 1.87. The highest BCUT2D eigenvalue weighted by atomic mass is 19.2. The van der Waals surface area contributed by atoms with Crippen LogP contribution in [0.1, 0.15) is 11.1 Å². The van der Waals surface area contributed by atoms with Crippen molar-refractivity contribution in [3.63, 3.8) is 0 Å². The molecule has 2 aromatic rings. The molecule has 2 rings (SSSR count). The Morgan fingerprint density at radius 1 is 0.739 bits per heavy atom. The van der Waals surface area contributed by atoms with Crippen LogP contribution in [-0.2, 0) is 16.7 Å². The SMILES string of the molecule is O=[N+]([O-])C(F)(OC(F)(c1ccccc1)[N+](=O)[O-])c1ccccc1. The topological polar surface area (TPSA) is 95.5 Å². The molecule has 0 aliphatic carbocycles. The van der Waals surface area contributed by atoms with Crippen LogP contribution in [0.3, 0.4) is 0 Å². The highest BCUT2D eigenvalue weighted by molar-refractivity contribution is 5.20. The zero-order chi connectivity index (χ0) is 17.1. The number of ether oxygens (including phenoxy) is 1. The molecule has 0 heterocycles. The second-order valence-electron chi connectivity index (χ2n) is 4.47. The quantitative estimate of drug-likeness (QED) is 0.352. The first-order valence-corrected chi connectivity index (χ1v) is 6.29. The first-order chi connectivity index (χ1) is 10.8. The van der Waals surface area contributed by atoms with Crippen LogP contribution in [0.2, 0.25) is 0 Å². The molecule has 0 saturated carbocycles. The molecule has 23 heavy (non-hydrogen) atoms. The van der Waals surface area contributed by atoms with Crippen LogP contribution in [0, 0.1) is 20.2 Å². The van der Waals surface area contributed by atoms with Crippen molar-refractivity contribution in [1.82, 2.24) is 0 Å². The zero-order valence-corrected chi connectivity index (χ0v) is 11.5. The molecular weight excluding hydrogens is 314 g/mol. The van der Waals surface area contributed by atoms with Crippen LogP contribution in [0.4, 0.5) is 8.78 Å². The Bertz CT molecular complexity index is 654. The number of hydrogen-bond donors (Lipinski definition) is 0. The lowest BCUT2D eigenvalue weighted by Crippen LogP contribution is -2.45. The lowest BCUT2D eigenvalue weighted by molar-refractivity contribution is -0.772. The average molecular weight is 324 g/mol. The molecule has 0 fully saturated rings. The number of nitrogens with zero attached hydrogens (tertiary/aromatic N) is 2. The molecule has 0 aliphatic heterocycles. The second-order valence-corrected chi connectivity index (χ2v) is 4.47. The molecule has 0 bridgehead atoms. The van der Waals surface area contributed by atoms with Gasteiger partial charge in [0.2, 0.25) is 0 Å². The van der Waals surface area contributed by atoms with E-state index in [1.54, 1.807) is 0 Å². The van der Waals surface area contributed by atoms with Crippen molar-refractivity contribution in [3.8, 4) is 0 Å². The van der Waals surface area contributed by atoms with Gasteiger partial charge in [0.25, 0.3) is 0 Å². The van der Waals surface area contributed by atoms with Crippen LogP contribution >= 0.6 is 0 Å². The van der Waals surface area contributed by atoms with Crippen LogP contribution in [0.25, 0.3) is 0 Å². The van der Waals surface area contributed by atoms with E-state index in [9.17, 15) is 29.0 Å². The maximum absolute atomic E-state index is 14.7. The van der Waals surface area contributed by atoms with Crippen LogP contribution in [0.15, 0.2) is 60.7 Å². The van der Waals surface area contributed by atoms with E-state index in [-0.39, 0.29) is 0 Å². The summed E-state index contributed by atoms with van der Waals surface area (Å²) >= 11 is 0. The van der Waals surface area contributed by atoms with Crippen molar-refractivity contribution in [3.05, 3.63) is 92.0 Å². The lowest BCUT2D eigenvalue weighted by atomic mass is 10.1. The number of benzene rings is 2. The van der Waals surface area contributed by atoms with Gasteiger partial charge >= 0.3 is 12.0 Å². The van der Waals surface area contributed by atoms with Crippen LogP contribution < -0.4 is 0 Å². The molecule has 9 heteroatoms. The van der Waals surface area contributed by atoms with E-state index in [1.165, 1.54) is 36.4 Å². The Hall–Kier alpha value is -2.94. The summed E-state index contributed by atoms with van der Waals surface area (Å²) in [5.74, 6) is -7.86. The average Bonchev–Trinajstić information content (AvgIpc) is 2.56. The third-order valence-electron chi connectivity index (χ3n) is 3.00. The molecule has 2 atom stereocenters. The minimum atomic E-state index is -3.93. The van der Waals surface area contributed by atoms with Gasteiger partial charge in [0.05, 0.1) is 21.0 Å². The van der Waals surface area contributed by atoms with E-state index in [0.717, 1.165) is 24.3 Å². The summed E-state index contributed by atoms with van der Waals surface area (Å²) in [6, 6.07) is 11.8. The van der Waals surface area contributed by atoms with E-state index in [0.29, 0.717) is 0 Å². The summed E-state index contributed by atoms with van der Waals surface area (Å²) in [5.41, 5.74) is -1.35. The van der Waals surface area contributed by atoms with Crippen LogP contribution in [-0.4, -0.2) is 9.85 Å². The minimum Gasteiger partial charge on any atom is -0.259 e. The van der Waals surface area contributed by atoms with Gasteiger partial charge in [-0.1, -0.05) is 36.4 Å². The molecule has 120 valence electrons. The van der Waals surface area contributed by atoms with Crippen molar-refractivity contribution >= 4 is 0 Å².